The topological polar surface area (TPSA) is 91.1 Å². The Bertz CT molecular complexity index is 1690. The highest BCUT2D eigenvalue weighted by Gasteiger charge is 2.28. The molecule has 11 heteroatoms. The van der Waals surface area contributed by atoms with Gasteiger partial charge in [-0.15, -0.1) is 0 Å². The molecule has 0 radical (unpaired) electrons. The predicted molar refractivity (Wildman–Crippen MR) is 165 cm³/mol. The van der Waals surface area contributed by atoms with Crippen molar-refractivity contribution in [1.29, 1.82) is 0 Å². The number of hydrogen-bond donors (Lipinski definition) is 1. The Morgan fingerprint density at radius 3 is 2.51 bits per heavy atom. The summed E-state index contributed by atoms with van der Waals surface area (Å²) in [6.45, 7) is 4.66. The van der Waals surface area contributed by atoms with Gasteiger partial charge in [0.1, 0.15) is 17.2 Å². The highest BCUT2D eigenvalue weighted by atomic mass is 35.5. The number of pyridine rings is 2. The van der Waals surface area contributed by atoms with Gasteiger partial charge >= 0.3 is 5.97 Å². The minimum Gasteiger partial charge on any atom is -0.477 e. The Morgan fingerprint density at radius 2 is 1.84 bits per heavy atom. The maximum atomic E-state index is 15.7. The van der Waals surface area contributed by atoms with Crippen molar-refractivity contribution < 1.29 is 19.0 Å². The first-order valence-electron chi connectivity index (χ1n) is 14.4. The number of carboxylic acids is 1. The van der Waals surface area contributed by atoms with E-state index in [9.17, 15) is 14.7 Å². The van der Waals surface area contributed by atoms with Crippen LogP contribution in [0.2, 0.25) is 5.02 Å². The third kappa shape index (κ3) is 5.70. The van der Waals surface area contributed by atoms with Crippen molar-refractivity contribution in [2.24, 2.45) is 0 Å². The molecule has 4 heterocycles. The SMILES string of the molecule is COC[C@H]1CCCN1Cc1ccc(-n2cc(C(=O)O)c(=O)c3cc(F)c(N4CCN(c5ccccn5)CC4)c(Cl)c32)cc1. The van der Waals surface area contributed by atoms with Crippen LogP contribution in [0.25, 0.3) is 16.6 Å². The normalized spacial score (nSPS) is 17.6. The molecule has 1 atom stereocenters. The van der Waals surface area contributed by atoms with E-state index in [1.807, 2.05) is 47.4 Å². The Balaban J connectivity index is 1.37. The lowest BCUT2D eigenvalue weighted by Crippen LogP contribution is -2.47. The minimum atomic E-state index is -1.39. The van der Waals surface area contributed by atoms with Crippen LogP contribution >= 0.6 is 11.6 Å². The summed E-state index contributed by atoms with van der Waals surface area (Å²) in [5, 5.41) is 9.80. The second-order valence-electron chi connectivity index (χ2n) is 11.0. The summed E-state index contributed by atoms with van der Waals surface area (Å²) in [5.74, 6) is -1.20. The van der Waals surface area contributed by atoms with Crippen molar-refractivity contribution in [1.82, 2.24) is 14.5 Å². The molecule has 9 nitrogen and oxygen atoms in total. The van der Waals surface area contributed by atoms with Crippen LogP contribution in [0, 0.1) is 5.82 Å². The Kier molecular flexibility index (Phi) is 8.34. The molecule has 0 saturated carbocycles. The van der Waals surface area contributed by atoms with Crippen LogP contribution in [0.4, 0.5) is 15.9 Å². The number of ether oxygens (including phenoxy) is 1. The monoisotopic (exact) mass is 605 g/mol. The third-order valence-corrected chi connectivity index (χ3v) is 8.77. The Morgan fingerprint density at radius 1 is 1.09 bits per heavy atom. The average Bonchev–Trinajstić information content (AvgIpc) is 3.45. The molecule has 2 aromatic heterocycles. The number of halogens is 2. The number of benzene rings is 2. The average molecular weight is 606 g/mol. The second-order valence-corrected chi connectivity index (χ2v) is 11.4. The number of aromatic nitrogens is 2. The summed E-state index contributed by atoms with van der Waals surface area (Å²) in [7, 11) is 1.72. The molecule has 0 bridgehead atoms. The number of anilines is 2. The molecule has 224 valence electrons. The first kappa shape index (κ1) is 29.1. The first-order valence-corrected chi connectivity index (χ1v) is 14.8. The van der Waals surface area contributed by atoms with Gasteiger partial charge in [0.05, 0.1) is 28.2 Å². The van der Waals surface area contributed by atoms with E-state index < -0.39 is 22.8 Å². The lowest BCUT2D eigenvalue weighted by molar-refractivity contribution is 0.0695. The maximum absolute atomic E-state index is 15.7. The van der Waals surface area contributed by atoms with Gasteiger partial charge in [0.15, 0.2) is 0 Å². The highest BCUT2D eigenvalue weighted by molar-refractivity contribution is 6.38. The molecule has 0 amide bonds. The third-order valence-electron chi connectivity index (χ3n) is 8.41. The molecule has 0 aliphatic carbocycles. The van der Waals surface area contributed by atoms with Crippen LogP contribution in [0.5, 0.6) is 0 Å². The molecule has 0 unspecified atom stereocenters. The molecule has 2 fully saturated rings. The molecule has 2 aromatic carbocycles. The fraction of sp³-hybridized carbons (Fsp3) is 0.344. The van der Waals surface area contributed by atoms with Crippen LogP contribution in [0.3, 0.4) is 0 Å². The van der Waals surface area contributed by atoms with Gasteiger partial charge in [-0.1, -0.05) is 29.8 Å². The summed E-state index contributed by atoms with van der Waals surface area (Å²) >= 11 is 6.95. The lowest BCUT2D eigenvalue weighted by Gasteiger charge is -2.37. The number of fused-ring (bicyclic) bond motifs is 1. The van der Waals surface area contributed by atoms with Gasteiger partial charge in [0.25, 0.3) is 0 Å². The smallest absolute Gasteiger partial charge is 0.341 e. The standard InChI is InChI=1S/C32H33ClFN5O4/c1-43-20-23-5-4-12-38(23)18-21-7-9-22(10-8-21)39-19-25(32(41)42)31(40)24-17-26(34)30(28(33)29(24)39)37-15-13-36(14-16-37)27-6-2-3-11-35-27/h2-3,6-11,17,19,23H,4-5,12-16,18,20H2,1H3,(H,41,42)/t23-/m1/s1. The number of piperazine rings is 1. The Hall–Kier alpha value is -3.99. The molecule has 0 spiro atoms. The minimum absolute atomic E-state index is 0.0684. The van der Waals surface area contributed by atoms with Gasteiger partial charge in [-0.25, -0.2) is 14.2 Å². The van der Waals surface area contributed by atoms with E-state index in [1.165, 1.54) is 6.20 Å². The fourth-order valence-electron chi connectivity index (χ4n) is 6.23. The first-order chi connectivity index (χ1) is 20.9. The molecule has 2 saturated heterocycles. The summed E-state index contributed by atoms with van der Waals surface area (Å²) in [6.07, 6.45) is 5.25. The van der Waals surface area contributed by atoms with E-state index in [4.69, 9.17) is 16.3 Å². The predicted octanol–water partition coefficient (Wildman–Crippen LogP) is 4.81. The van der Waals surface area contributed by atoms with Crippen molar-refractivity contribution in [3.63, 3.8) is 0 Å². The number of likely N-dealkylation sites (tertiary alicyclic amines) is 1. The zero-order valence-corrected chi connectivity index (χ0v) is 24.6. The summed E-state index contributed by atoms with van der Waals surface area (Å²) in [6, 6.07) is 14.9. The molecule has 4 aromatic rings. The number of carbonyl (C=O) groups is 1. The number of carboxylic acid groups (broad SMARTS) is 1. The van der Waals surface area contributed by atoms with Crippen molar-refractivity contribution in [2.45, 2.75) is 25.4 Å². The van der Waals surface area contributed by atoms with Crippen LogP contribution in [0.15, 0.2) is 65.7 Å². The summed E-state index contributed by atoms with van der Waals surface area (Å²) in [5.41, 5.74) is 0.947. The van der Waals surface area contributed by atoms with Crippen molar-refractivity contribution in [3.8, 4) is 5.69 Å². The maximum Gasteiger partial charge on any atom is 0.341 e. The van der Waals surface area contributed by atoms with E-state index in [0.717, 1.165) is 43.4 Å². The van der Waals surface area contributed by atoms with Gasteiger partial charge in [-0.3, -0.25) is 9.69 Å². The highest BCUT2D eigenvalue weighted by Crippen LogP contribution is 2.37. The molecule has 1 N–H and O–H groups in total. The van der Waals surface area contributed by atoms with E-state index in [1.54, 1.807) is 17.9 Å². The number of rotatable bonds is 8. The molecule has 2 aliphatic heterocycles. The van der Waals surface area contributed by atoms with Crippen molar-refractivity contribution in [3.05, 3.63) is 93.1 Å². The summed E-state index contributed by atoms with van der Waals surface area (Å²) < 4.78 is 22.7. The van der Waals surface area contributed by atoms with Gasteiger partial charge in [0.2, 0.25) is 5.43 Å². The van der Waals surface area contributed by atoms with Gasteiger partial charge in [0, 0.05) is 64.0 Å². The number of hydrogen-bond acceptors (Lipinski definition) is 7. The van der Waals surface area contributed by atoms with E-state index in [-0.39, 0.29) is 21.6 Å². The quantitative estimate of drug-likeness (QED) is 0.306. The van der Waals surface area contributed by atoms with Crippen LogP contribution in [-0.4, -0.2) is 78.0 Å². The van der Waals surface area contributed by atoms with Gasteiger partial charge in [-0.2, -0.15) is 0 Å². The van der Waals surface area contributed by atoms with Crippen LogP contribution < -0.4 is 15.2 Å². The van der Waals surface area contributed by atoms with E-state index in [2.05, 4.69) is 14.8 Å². The van der Waals surface area contributed by atoms with E-state index >= 15 is 4.39 Å². The van der Waals surface area contributed by atoms with Crippen molar-refractivity contribution >= 4 is 40.0 Å². The van der Waals surface area contributed by atoms with Crippen LogP contribution in [-0.2, 0) is 11.3 Å². The number of aromatic carboxylic acids is 1. The molecule has 6 rings (SSSR count). The molecule has 2 aliphatic rings. The Labute approximate surface area is 253 Å². The number of methoxy groups -OCH3 is 1. The van der Waals surface area contributed by atoms with Gasteiger partial charge in [-0.05, 0) is 55.3 Å². The van der Waals surface area contributed by atoms with Crippen LogP contribution in [0.1, 0.15) is 28.8 Å². The molecular weight excluding hydrogens is 573 g/mol. The van der Waals surface area contributed by atoms with Crippen molar-refractivity contribution in [2.75, 3.05) is 56.2 Å². The van der Waals surface area contributed by atoms with E-state index in [0.29, 0.717) is 44.5 Å². The molecular formula is C32H33ClFN5O4. The zero-order chi connectivity index (χ0) is 30.1. The lowest BCUT2D eigenvalue weighted by atomic mass is 10.1. The largest absolute Gasteiger partial charge is 0.477 e. The van der Waals surface area contributed by atoms with Gasteiger partial charge < -0.3 is 24.2 Å². The second kappa shape index (κ2) is 12.3. The molecule has 43 heavy (non-hydrogen) atoms. The fourth-order valence-corrected chi connectivity index (χ4v) is 6.63. The summed E-state index contributed by atoms with van der Waals surface area (Å²) in [4.78, 5) is 36.1. The zero-order valence-electron chi connectivity index (χ0n) is 23.9. The number of nitrogens with zero attached hydrogens (tertiary/aromatic N) is 5.